The first-order valence-corrected chi connectivity index (χ1v) is 7.01. The van der Waals surface area contributed by atoms with Crippen LogP contribution in [0.5, 0.6) is 0 Å². The van der Waals surface area contributed by atoms with E-state index < -0.39 is 0 Å². The van der Waals surface area contributed by atoms with Crippen LogP contribution in [0, 0.1) is 13.8 Å². The lowest BCUT2D eigenvalue weighted by Crippen LogP contribution is -2.28. The number of carbonyl (C=O) groups is 1. The summed E-state index contributed by atoms with van der Waals surface area (Å²) in [5.41, 5.74) is 1.73. The molecular weight excluding hydrogens is 258 g/mol. The van der Waals surface area contributed by atoms with Crippen LogP contribution in [0.4, 0.5) is 0 Å². The first kappa shape index (κ1) is 13.7. The standard InChI is InChI=1S/C14H17N3OS/c1-9(14-10(2)19-11(3)17-14)16-13(18)8-12-6-4-5-7-15-12/h4-7,9H,8H2,1-3H3,(H,16,18)/t9-/m0/s1. The van der Waals surface area contributed by atoms with Crippen LogP contribution in [0.2, 0.25) is 0 Å². The predicted molar refractivity (Wildman–Crippen MR) is 76.1 cm³/mol. The van der Waals surface area contributed by atoms with Crippen molar-refractivity contribution in [3.8, 4) is 0 Å². The summed E-state index contributed by atoms with van der Waals surface area (Å²) in [4.78, 5) is 21.7. The molecule has 0 unspecified atom stereocenters. The number of aryl methyl sites for hydroxylation is 2. The third kappa shape index (κ3) is 3.61. The van der Waals surface area contributed by atoms with E-state index in [-0.39, 0.29) is 11.9 Å². The molecule has 100 valence electrons. The highest BCUT2D eigenvalue weighted by molar-refractivity contribution is 7.11. The number of thiazole rings is 1. The molecule has 2 heterocycles. The van der Waals surface area contributed by atoms with Crippen LogP contribution in [0.3, 0.4) is 0 Å². The van der Waals surface area contributed by atoms with E-state index in [1.165, 1.54) is 0 Å². The molecule has 0 aromatic carbocycles. The van der Waals surface area contributed by atoms with E-state index in [1.54, 1.807) is 17.5 Å². The summed E-state index contributed by atoms with van der Waals surface area (Å²) < 4.78 is 0. The molecule has 5 heteroatoms. The van der Waals surface area contributed by atoms with Crippen LogP contribution in [-0.2, 0) is 11.2 Å². The highest BCUT2D eigenvalue weighted by Gasteiger charge is 2.15. The molecule has 1 amide bonds. The molecule has 1 atom stereocenters. The van der Waals surface area contributed by atoms with Gasteiger partial charge in [0.25, 0.3) is 0 Å². The third-order valence-corrected chi connectivity index (χ3v) is 3.70. The van der Waals surface area contributed by atoms with Gasteiger partial charge in [0.1, 0.15) is 0 Å². The number of nitrogens with one attached hydrogen (secondary N) is 1. The fourth-order valence-electron chi connectivity index (χ4n) is 1.97. The lowest BCUT2D eigenvalue weighted by molar-refractivity contribution is -0.121. The normalized spacial score (nSPS) is 12.2. The van der Waals surface area contributed by atoms with Gasteiger partial charge >= 0.3 is 0 Å². The molecule has 0 saturated carbocycles. The van der Waals surface area contributed by atoms with Gasteiger partial charge in [-0.3, -0.25) is 9.78 Å². The Morgan fingerprint density at radius 1 is 1.42 bits per heavy atom. The number of hydrogen-bond donors (Lipinski definition) is 1. The van der Waals surface area contributed by atoms with Gasteiger partial charge in [-0.05, 0) is 32.9 Å². The van der Waals surface area contributed by atoms with Crippen molar-refractivity contribution in [3.63, 3.8) is 0 Å². The smallest absolute Gasteiger partial charge is 0.226 e. The van der Waals surface area contributed by atoms with Crippen LogP contribution >= 0.6 is 11.3 Å². The van der Waals surface area contributed by atoms with Crippen molar-refractivity contribution in [1.82, 2.24) is 15.3 Å². The molecule has 1 N–H and O–H groups in total. The van der Waals surface area contributed by atoms with Gasteiger partial charge in [0.2, 0.25) is 5.91 Å². The summed E-state index contributed by atoms with van der Waals surface area (Å²) in [5, 5.41) is 3.99. The second-order valence-corrected chi connectivity index (χ2v) is 5.87. The fraction of sp³-hybridized carbons (Fsp3) is 0.357. The third-order valence-electron chi connectivity index (χ3n) is 2.79. The number of pyridine rings is 1. The Kier molecular flexibility index (Phi) is 4.27. The van der Waals surface area contributed by atoms with E-state index in [2.05, 4.69) is 15.3 Å². The zero-order valence-electron chi connectivity index (χ0n) is 11.3. The maximum atomic E-state index is 11.9. The molecule has 2 aromatic heterocycles. The van der Waals surface area contributed by atoms with Gasteiger partial charge in [0.05, 0.1) is 23.2 Å². The van der Waals surface area contributed by atoms with Gasteiger partial charge in [0.15, 0.2) is 0 Å². The van der Waals surface area contributed by atoms with E-state index in [4.69, 9.17) is 0 Å². The summed E-state index contributed by atoms with van der Waals surface area (Å²) in [6, 6.07) is 5.50. The zero-order valence-corrected chi connectivity index (χ0v) is 12.1. The molecular formula is C14H17N3OS. The van der Waals surface area contributed by atoms with Gasteiger partial charge in [-0.25, -0.2) is 4.98 Å². The summed E-state index contributed by atoms with van der Waals surface area (Å²) >= 11 is 1.65. The number of rotatable bonds is 4. The Morgan fingerprint density at radius 3 is 2.79 bits per heavy atom. The minimum absolute atomic E-state index is 0.0312. The molecule has 0 saturated heterocycles. The zero-order chi connectivity index (χ0) is 13.8. The Bertz CT molecular complexity index is 565. The molecule has 0 fully saturated rings. The largest absolute Gasteiger partial charge is 0.348 e. The summed E-state index contributed by atoms with van der Waals surface area (Å²) in [5.74, 6) is -0.0312. The van der Waals surface area contributed by atoms with E-state index in [1.807, 2.05) is 39.0 Å². The molecule has 0 aliphatic rings. The van der Waals surface area contributed by atoms with Gasteiger partial charge in [-0.1, -0.05) is 6.07 Å². The number of nitrogens with zero attached hydrogens (tertiary/aromatic N) is 2. The van der Waals surface area contributed by atoms with Crippen LogP contribution in [0.1, 0.15) is 34.2 Å². The molecule has 0 spiro atoms. The number of aromatic nitrogens is 2. The number of carbonyl (C=O) groups excluding carboxylic acids is 1. The molecule has 0 radical (unpaired) electrons. The first-order chi connectivity index (χ1) is 9.06. The molecule has 2 rings (SSSR count). The van der Waals surface area contributed by atoms with Crippen LogP contribution < -0.4 is 5.32 Å². The minimum Gasteiger partial charge on any atom is -0.348 e. The summed E-state index contributed by atoms with van der Waals surface area (Å²) in [6.45, 7) is 5.96. The van der Waals surface area contributed by atoms with Crippen LogP contribution in [0.25, 0.3) is 0 Å². The Morgan fingerprint density at radius 2 is 2.21 bits per heavy atom. The maximum Gasteiger partial charge on any atom is 0.226 e. The van der Waals surface area contributed by atoms with Crippen LogP contribution in [0.15, 0.2) is 24.4 Å². The van der Waals surface area contributed by atoms with Crippen molar-refractivity contribution >= 4 is 17.2 Å². The number of hydrogen-bond acceptors (Lipinski definition) is 4. The van der Waals surface area contributed by atoms with Gasteiger partial charge < -0.3 is 5.32 Å². The van der Waals surface area contributed by atoms with E-state index in [0.717, 1.165) is 21.3 Å². The lowest BCUT2D eigenvalue weighted by Gasteiger charge is -2.12. The predicted octanol–water partition coefficient (Wildman–Crippen LogP) is 2.57. The Labute approximate surface area is 116 Å². The van der Waals surface area contributed by atoms with E-state index >= 15 is 0 Å². The average molecular weight is 275 g/mol. The second-order valence-electron chi connectivity index (χ2n) is 4.46. The molecule has 0 bridgehead atoms. The molecule has 0 aliphatic heterocycles. The summed E-state index contributed by atoms with van der Waals surface area (Å²) in [7, 11) is 0. The fourth-order valence-corrected chi connectivity index (χ4v) is 2.89. The molecule has 2 aromatic rings. The molecule has 19 heavy (non-hydrogen) atoms. The van der Waals surface area contributed by atoms with E-state index in [0.29, 0.717) is 6.42 Å². The van der Waals surface area contributed by atoms with Crippen molar-refractivity contribution in [3.05, 3.63) is 45.7 Å². The first-order valence-electron chi connectivity index (χ1n) is 6.19. The lowest BCUT2D eigenvalue weighted by atomic mass is 10.2. The quantitative estimate of drug-likeness (QED) is 0.933. The van der Waals surface area contributed by atoms with Gasteiger partial charge in [-0.15, -0.1) is 11.3 Å². The highest BCUT2D eigenvalue weighted by Crippen LogP contribution is 2.22. The van der Waals surface area contributed by atoms with Crippen molar-refractivity contribution in [2.45, 2.75) is 33.2 Å². The van der Waals surface area contributed by atoms with Crippen LogP contribution in [-0.4, -0.2) is 15.9 Å². The maximum absolute atomic E-state index is 11.9. The SMILES string of the molecule is Cc1nc([C@H](C)NC(=O)Cc2ccccn2)c(C)s1. The number of amides is 1. The van der Waals surface area contributed by atoms with Gasteiger partial charge in [0, 0.05) is 16.8 Å². The topological polar surface area (TPSA) is 54.9 Å². The Hall–Kier alpha value is -1.75. The monoisotopic (exact) mass is 275 g/mol. The van der Waals surface area contributed by atoms with Crippen molar-refractivity contribution in [2.75, 3.05) is 0 Å². The van der Waals surface area contributed by atoms with Crippen molar-refractivity contribution < 1.29 is 4.79 Å². The highest BCUT2D eigenvalue weighted by atomic mass is 32.1. The van der Waals surface area contributed by atoms with E-state index in [9.17, 15) is 4.79 Å². The van der Waals surface area contributed by atoms with Gasteiger partial charge in [-0.2, -0.15) is 0 Å². The second kappa shape index (κ2) is 5.93. The summed E-state index contributed by atoms with van der Waals surface area (Å²) in [6.07, 6.45) is 1.99. The Balaban J connectivity index is 1.97. The average Bonchev–Trinajstić information content (AvgIpc) is 2.69. The minimum atomic E-state index is -0.0684. The van der Waals surface area contributed by atoms with Crippen molar-refractivity contribution in [2.24, 2.45) is 0 Å². The van der Waals surface area contributed by atoms with Crippen molar-refractivity contribution in [1.29, 1.82) is 0 Å². The molecule has 0 aliphatic carbocycles. The molecule has 4 nitrogen and oxygen atoms in total.